The van der Waals surface area contributed by atoms with Crippen LogP contribution in [0.15, 0.2) is 36.5 Å². The van der Waals surface area contributed by atoms with E-state index in [1.807, 2.05) is 35.7 Å². The lowest BCUT2D eigenvalue weighted by Crippen LogP contribution is -2.23. The summed E-state index contributed by atoms with van der Waals surface area (Å²) in [5.74, 6) is 0.878. The number of hydrogen-bond acceptors (Lipinski definition) is 4. The molecule has 1 saturated carbocycles. The molecule has 4 heteroatoms. The van der Waals surface area contributed by atoms with Gasteiger partial charge in [0.05, 0.1) is 11.6 Å². The Morgan fingerprint density at radius 1 is 1.29 bits per heavy atom. The van der Waals surface area contributed by atoms with E-state index in [1.165, 1.54) is 34.7 Å². The van der Waals surface area contributed by atoms with Gasteiger partial charge in [-0.3, -0.25) is 0 Å². The molecule has 1 aliphatic rings. The molecule has 0 bridgehead atoms. The molecule has 2 N–H and O–H groups in total. The maximum atomic E-state index is 9.54. The molecule has 2 aromatic rings. The molecule has 0 amide bonds. The third kappa shape index (κ3) is 3.70. The van der Waals surface area contributed by atoms with Crippen molar-refractivity contribution in [2.75, 3.05) is 13.2 Å². The predicted molar refractivity (Wildman–Crippen MR) is 86.7 cm³/mol. The lowest BCUT2D eigenvalue weighted by Gasteiger charge is -2.22. The van der Waals surface area contributed by atoms with Gasteiger partial charge in [0.1, 0.15) is 0 Å². The van der Waals surface area contributed by atoms with E-state index in [0.29, 0.717) is 0 Å². The zero-order chi connectivity index (χ0) is 14.5. The molecule has 3 rings (SSSR count). The Morgan fingerprint density at radius 2 is 2.10 bits per heavy atom. The molecule has 1 aliphatic carbocycles. The van der Waals surface area contributed by atoms with Gasteiger partial charge in [0.2, 0.25) is 0 Å². The Bertz CT molecular complexity index is 551. The van der Waals surface area contributed by atoms with Gasteiger partial charge in [0, 0.05) is 36.0 Å². The summed E-state index contributed by atoms with van der Waals surface area (Å²) in [4.78, 5) is 5.84. The van der Waals surface area contributed by atoms with E-state index < -0.39 is 0 Å². The summed E-state index contributed by atoms with van der Waals surface area (Å²) in [6.07, 6.45) is 5.97. The molecule has 0 radical (unpaired) electrons. The second-order valence-electron chi connectivity index (χ2n) is 5.71. The van der Waals surface area contributed by atoms with Crippen LogP contribution in [0.1, 0.15) is 46.5 Å². The van der Waals surface area contributed by atoms with Gasteiger partial charge in [-0.15, -0.1) is 11.3 Å². The first-order chi connectivity index (χ1) is 10.4. The third-order valence-electron chi connectivity index (χ3n) is 4.21. The first-order valence-electron chi connectivity index (χ1n) is 7.68. The van der Waals surface area contributed by atoms with Gasteiger partial charge in [-0.25, -0.2) is 4.98 Å². The van der Waals surface area contributed by atoms with Crippen LogP contribution in [0.5, 0.6) is 0 Å². The highest BCUT2D eigenvalue weighted by Gasteiger charge is 2.22. The lowest BCUT2D eigenvalue weighted by molar-refractivity contribution is 0.261. The smallest absolute Gasteiger partial charge is 0.0959 e. The number of rotatable bonds is 7. The van der Waals surface area contributed by atoms with Crippen molar-refractivity contribution in [3.63, 3.8) is 0 Å². The van der Waals surface area contributed by atoms with Gasteiger partial charge in [-0.2, -0.15) is 0 Å². The topological polar surface area (TPSA) is 45.1 Å². The van der Waals surface area contributed by atoms with Crippen molar-refractivity contribution in [2.24, 2.45) is 0 Å². The predicted octanol–water partition coefficient (Wildman–Crippen LogP) is 3.28. The van der Waals surface area contributed by atoms with E-state index in [1.54, 1.807) is 0 Å². The molecule has 1 fully saturated rings. The number of aliphatic hydroxyl groups excluding tert-OH is 1. The average molecular weight is 302 g/mol. The van der Waals surface area contributed by atoms with Crippen molar-refractivity contribution in [1.29, 1.82) is 0 Å². The number of aromatic nitrogens is 1. The van der Waals surface area contributed by atoms with E-state index in [9.17, 15) is 5.11 Å². The highest BCUT2D eigenvalue weighted by Crippen LogP contribution is 2.38. The summed E-state index contributed by atoms with van der Waals surface area (Å²) in [6, 6.07) is 10.2. The van der Waals surface area contributed by atoms with Crippen LogP contribution < -0.4 is 5.32 Å². The number of hydrogen-bond donors (Lipinski definition) is 2. The van der Waals surface area contributed by atoms with Crippen LogP contribution in [0.4, 0.5) is 0 Å². The fourth-order valence-corrected chi connectivity index (χ4v) is 3.69. The van der Waals surface area contributed by atoms with E-state index in [2.05, 4.69) is 22.4 Å². The van der Waals surface area contributed by atoms with Crippen molar-refractivity contribution in [3.8, 4) is 0 Å². The zero-order valence-electron chi connectivity index (χ0n) is 12.2. The Kier molecular flexibility index (Phi) is 5.01. The summed E-state index contributed by atoms with van der Waals surface area (Å²) in [5, 5.41) is 14.3. The number of thiazole rings is 1. The first kappa shape index (κ1) is 14.7. The van der Waals surface area contributed by atoms with Gasteiger partial charge in [0.15, 0.2) is 0 Å². The van der Waals surface area contributed by atoms with Crippen LogP contribution in [0.3, 0.4) is 0 Å². The SMILES string of the molecule is OCC(CNCc1cnc(C2CCC2)s1)c1ccccc1. The maximum Gasteiger partial charge on any atom is 0.0959 e. The van der Waals surface area contributed by atoms with E-state index in [0.717, 1.165) is 19.0 Å². The molecule has 21 heavy (non-hydrogen) atoms. The summed E-state index contributed by atoms with van der Waals surface area (Å²) in [5.41, 5.74) is 1.19. The molecular weight excluding hydrogens is 280 g/mol. The lowest BCUT2D eigenvalue weighted by atomic mass is 9.86. The molecule has 0 spiro atoms. The molecule has 112 valence electrons. The van der Waals surface area contributed by atoms with Crippen LogP contribution in [0.25, 0.3) is 0 Å². The van der Waals surface area contributed by atoms with Crippen LogP contribution in [0.2, 0.25) is 0 Å². The van der Waals surface area contributed by atoms with E-state index in [4.69, 9.17) is 0 Å². The summed E-state index contributed by atoms with van der Waals surface area (Å²) in [6.45, 7) is 1.80. The highest BCUT2D eigenvalue weighted by molar-refractivity contribution is 7.11. The summed E-state index contributed by atoms with van der Waals surface area (Å²) < 4.78 is 0. The van der Waals surface area contributed by atoms with Gasteiger partial charge in [0.25, 0.3) is 0 Å². The van der Waals surface area contributed by atoms with Gasteiger partial charge < -0.3 is 10.4 Å². The third-order valence-corrected chi connectivity index (χ3v) is 5.37. The van der Waals surface area contributed by atoms with Crippen molar-refractivity contribution in [3.05, 3.63) is 52.0 Å². The summed E-state index contributed by atoms with van der Waals surface area (Å²) in [7, 11) is 0. The second kappa shape index (κ2) is 7.16. The molecule has 1 aromatic carbocycles. The van der Waals surface area contributed by atoms with E-state index >= 15 is 0 Å². The van der Waals surface area contributed by atoms with Crippen LogP contribution >= 0.6 is 11.3 Å². The van der Waals surface area contributed by atoms with Crippen molar-refractivity contribution < 1.29 is 5.11 Å². The molecule has 1 unspecified atom stereocenters. The first-order valence-corrected chi connectivity index (χ1v) is 8.49. The van der Waals surface area contributed by atoms with Gasteiger partial charge in [-0.1, -0.05) is 36.8 Å². The van der Waals surface area contributed by atoms with Crippen LogP contribution in [-0.4, -0.2) is 23.2 Å². The van der Waals surface area contributed by atoms with Gasteiger partial charge >= 0.3 is 0 Å². The van der Waals surface area contributed by atoms with E-state index in [-0.39, 0.29) is 12.5 Å². The molecule has 0 aliphatic heterocycles. The van der Waals surface area contributed by atoms with Gasteiger partial charge in [-0.05, 0) is 18.4 Å². The molecule has 1 atom stereocenters. The molecule has 1 aromatic heterocycles. The molecule has 3 nitrogen and oxygen atoms in total. The van der Waals surface area contributed by atoms with Crippen LogP contribution in [-0.2, 0) is 6.54 Å². The standard InChI is InChI=1S/C17H22N2OS/c20-12-15(13-5-2-1-3-6-13)9-18-10-16-11-19-17(21-16)14-7-4-8-14/h1-3,5-6,11,14-15,18,20H,4,7-10,12H2. The highest BCUT2D eigenvalue weighted by atomic mass is 32.1. The maximum absolute atomic E-state index is 9.54. The minimum Gasteiger partial charge on any atom is -0.396 e. The fourth-order valence-electron chi connectivity index (χ4n) is 2.63. The normalized spacial score (nSPS) is 16.6. The van der Waals surface area contributed by atoms with Crippen molar-refractivity contribution >= 4 is 11.3 Å². The second-order valence-corrected chi connectivity index (χ2v) is 6.86. The average Bonchev–Trinajstić information content (AvgIpc) is 2.91. The Hall–Kier alpha value is -1.23. The monoisotopic (exact) mass is 302 g/mol. The largest absolute Gasteiger partial charge is 0.396 e. The van der Waals surface area contributed by atoms with Crippen molar-refractivity contribution in [2.45, 2.75) is 37.6 Å². The minimum absolute atomic E-state index is 0.158. The number of benzene rings is 1. The quantitative estimate of drug-likeness (QED) is 0.825. The number of nitrogens with zero attached hydrogens (tertiary/aromatic N) is 1. The molecule has 0 saturated heterocycles. The Balaban J connectivity index is 1.49. The Morgan fingerprint density at radius 3 is 2.76 bits per heavy atom. The number of aliphatic hydroxyl groups is 1. The van der Waals surface area contributed by atoms with Crippen molar-refractivity contribution in [1.82, 2.24) is 10.3 Å². The molecule has 1 heterocycles. The number of nitrogens with one attached hydrogen (secondary N) is 1. The molecular formula is C17H22N2OS. The Labute approximate surface area is 130 Å². The fraction of sp³-hybridized carbons (Fsp3) is 0.471. The zero-order valence-corrected chi connectivity index (χ0v) is 13.0. The minimum atomic E-state index is 0.158. The van der Waals surface area contributed by atoms with Crippen LogP contribution in [0, 0.1) is 0 Å². The summed E-state index contributed by atoms with van der Waals surface area (Å²) >= 11 is 1.84.